The fraction of sp³-hybridized carbons (Fsp3) is 0.391. The van der Waals surface area contributed by atoms with Crippen LogP contribution in [0, 0.1) is 11.3 Å². The van der Waals surface area contributed by atoms with E-state index in [4.69, 9.17) is 37.9 Å². The molecule has 3 rings (SSSR count). The van der Waals surface area contributed by atoms with Crippen LogP contribution in [0.5, 0.6) is 22.3 Å². The third-order valence-corrected chi connectivity index (χ3v) is 5.54. The zero-order valence-electron chi connectivity index (χ0n) is 20.0. The van der Waals surface area contributed by atoms with Crippen molar-refractivity contribution >= 4 is 29.1 Å². The molecule has 2 aromatic rings. The van der Waals surface area contributed by atoms with Gasteiger partial charge >= 0.3 is 5.97 Å². The second kappa shape index (κ2) is 14.1. The number of benzene rings is 1. The number of imide groups is 1. The van der Waals surface area contributed by atoms with Crippen LogP contribution in [-0.2, 0) is 23.7 Å². The number of amides is 2. The molecule has 1 N–H and O–H groups in total. The van der Waals surface area contributed by atoms with Gasteiger partial charge in [0.2, 0.25) is 10.8 Å². The standard InChI is InChI=1S/C23H24N2O11S/c1-29-6-8-31-12-34-19-16(10-24)37-23(20(19)35-13-32-9-7-30-2)36-17(26)11-33-15-5-3-4-14-18(15)22(28)25-21(14)27/h3-5H,6-9,11-13H2,1-2H3,(H,25,27,28). The molecule has 13 nitrogen and oxygen atoms in total. The Kier molecular flexibility index (Phi) is 10.6. The van der Waals surface area contributed by atoms with E-state index >= 15 is 0 Å². The maximum atomic E-state index is 12.6. The summed E-state index contributed by atoms with van der Waals surface area (Å²) in [6.45, 7) is 0.112. The van der Waals surface area contributed by atoms with E-state index in [2.05, 4.69) is 5.32 Å². The molecule has 0 radical (unpaired) electrons. The van der Waals surface area contributed by atoms with E-state index in [1.807, 2.05) is 6.07 Å². The molecule has 1 aromatic carbocycles. The van der Waals surface area contributed by atoms with Crippen molar-refractivity contribution in [3.63, 3.8) is 0 Å². The van der Waals surface area contributed by atoms with Crippen LogP contribution < -0.4 is 24.3 Å². The third-order valence-electron chi connectivity index (χ3n) is 4.61. The fourth-order valence-electron chi connectivity index (χ4n) is 2.96. The SMILES string of the molecule is COCCOCOc1c(C#N)sc(OC(=O)COc2cccc3c2C(=O)NC3=O)c1OCOCCOC. The molecule has 0 spiro atoms. The number of methoxy groups -OCH3 is 2. The molecule has 1 aliphatic heterocycles. The summed E-state index contributed by atoms with van der Waals surface area (Å²) in [6, 6.07) is 6.39. The number of hydrogen-bond acceptors (Lipinski definition) is 13. The van der Waals surface area contributed by atoms with Crippen molar-refractivity contribution in [2.75, 3.05) is 60.8 Å². The van der Waals surface area contributed by atoms with Gasteiger partial charge in [-0.3, -0.25) is 14.9 Å². The lowest BCUT2D eigenvalue weighted by Crippen LogP contribution is -2.21. The first-order valence-electron chi connectivity index (χ1n) is 10.8. The average Bonchev–Trinajstić information content (AvgIpc) is 3.38. The monoisotopic (exact) mass is 536 g/mol. The average molecular weight is 537 g/mol. The number of nitriles is 1. The maximum Gasteiger partial charge on any atom is 0.350 e. The van der Waals surface area contributed by atoms with E-state index < -0.39 is 24.4 Å². The second-order valence-corrected chi connectivity index (χ2v) is 8.02. The Labute approximate surface area is 215 Å². The second-order valence-electron chi connectivity index (χ2n) is 7.04. The van der Waals surface area contributed by atoms with Gasteiger partial charge in [-0.1, -0.05) is 17.4 Å². The first-order valence-corrected chi connectivity index (χ1v) is 11.6. The summed E-state index contributed by atoms with van der Waals surface area (Å²) in [5.41, 5.74) is 0.177. The number of fused-ring (bicyclic) bond motifs is 1. The summed E-state index contributed by atoms with van der Waals surface area (Å²) in [6.07, 6.45) is 0. The van der Waals surface area contributed by atoms with Crippen molar-refractivity contribution in [2.24, 2.45) is 0 Å². The molecule has 2 heterocycles. The number of thiophene rings is 1. The minimum Gasteiger partial charge on any atom is -0.481 e. The van der Waals surface area contributed by atoms with Crippen LogP contribution in [0.1, 0.15) is 25.6 Å². The fourth-order valence-corrected chi connectivity index (χ4v) is 3.81. The van der Waals surface area contributed by atoms with Crippen molar-refractivity contribution in [1.29, 1.82) is 5.26 Å². The first kappa shape index (κ1) is 27.8. The number of nitrogens with one attached hydrogen (secondary N) is 1. The molecule has 0 bridgehead atoms. The molecular weight excluding hydrogens is 512 g/mol. The van der Waals surface area contributed by atoms with Gasteiger partial charge in [-0.25, -0.2) is 4.79 Å². The summed E-state index contributed by atoms with van der Waals surface area (Å²) in [5.74, 6) is -2.01. The van der Waals surface area contributed by atoms with Gasteiger partial charge in [0.1, 0.15) is 11.8 Å². The van der Waals surface area contributed by atoms with Gasteiger partial charge in [-0.05, 0) is 12.1 Å². The molecule has 1 aromatic heterocycles. The van der Waals surface area contributed by atoms with Gasteiger partial charge < -0.3 is 37.9 Å². The molecule has 198 valence electrons. The first-order chi connectivity index (χ1) is 18.0. The normalized spacial score (nSPS) is 12.0. The number of nitrogens with zero attached hydrogens (tertiary/aromatic N) is 1. The van der Waals surface area contributed by atoms with Gasteiger partial charge in [-0.15, -0.1) is 0 Å². The number of carbonyl (C=O) groups is 3. The quantitative estimate of drug-likeness (QED) is 0.143. The smallest absolute Gasteiger partial charge is 0.350 e. The van der Waals surface area contributed by atoms with Crippen LogP contribution >= 0.6 is 11.3 Å². The zero-order chi connectivity index (χ0) is 26.6. The maximum absolute atomic E-state index is 12.6. The molecule has 0 atom stereocenters. The van der Waals surface area contributed by atoms with Gasteiger partial charge in [0.15, 0.2) is 30.8 Å². The van der Waals surface area contributed by atoms with Gasteiger partial charge in [0.05, 0.1) is 37.6 Å². The van der Waals surface area contributed by atoms with E-state index in [1.54, 1.807) is 0 Å². The Hall–Kier alpha value is -3.74. The van der Waals surface area contributed by atoms with E-state index in [9.17, 15) is 19.6 Å². The highest BCUT2D eigenvalue weighted by atomic mass is 32.1. The summed E-state index contributed by atoms with van der Waals surface area (Å²) >= 11 is 0.815. The summed E-state index contributed by atoms with van der Waals surface area (Å²) in [7, 11) is 3.04. The van der Waals surface area contributed by atoms with Gasteiger partial charge in [0, 0.05) is 14.2 Å². The molecule has 1 aliphatic rings. The van der Waals surface area contributed by atoms with Crippen molar-refractivity contribution in [1.82, 2.24) is 5.32 Å². The van der Waals surface area contributed by atoms with E-state index in [1.165, 1.54) is 32.4 Å². The summed E-state index contributed by atoms with van der Waals surface area (Å²) in [4.78, 5) is 36.5. The van der Waals surface area contributed by atoms with Crippen molar-refractivity contribution < 1.29 is 52.3 Å². The Bertz CT molecular complexity index is 1160. The number of ether oxygens (including phenoxy) is 8. The van der Waals surface area contributed by atoms with Crippen LogP contribution in [0.4, 0.5) is 0 Å². The van der Waals surface area contributed by atoms with Crippen LogP contribution in [-0.4, -0.2) is 78.6 Å². The largest absolute Gasteiger partial charge is 0.481 e. The number of rotatable bonds is 16. The van der Waals surface area contributed by atoms with Gasteiger partial charge in [0.25, 0.3) is 11.8 Å². The Morgan fingerprint density at radius 1 is 0.946 bits per heavy atom. The highest BCUT2D eigenvalue weighted by Crippen LogP contribution is 2.48. The number of esters is 1. The Morgan fingerprint density at radius 3 is 2.27 bits per heavy atom. The minimum atomic E-state index is -0.860. The summed E-state index contributed by atoms with van der Waals surface area (Å²) in [5, 5.41) is 11.6. The Morgan fingerprint density at radius 2 is 1.62 bits per heavy atom. The van der Waals surface area contributed by atoms with Crippen molar-refractivity contribution in [3.05, 3.63) is 34.2 Å². The molecular formula is C23H24N2O11S. The van der Waals surface area contributed by atoms with Crippen LogP contribution in [0.15, 0.2) is 18.2 Å². The number of hydrogen-bond donors (Lipinski definition) is 1. The Balaban J connectivity index is 1.70. The highest BCUT2D eigenvalue weighted by molar-refractivity contribution is 7.15. The summed E-state index contributed by atoms with van der Waals surface area (Å²) < 4.78 is 42.3. The van der Waals surface area contributed by atoms with Gasteiger partial charge in [-0.2, -0.15) is 5.26 Å². The van der Waals surface area contributed by atoms with Crippen LogP contribution in [0.25, 0.3) is 0 Å². The molecule has 14 heteroatoms. The third kappa shape index (κ3) is 7.38. The van der Waals surface area contributed by atoms with E-state index in [0.717, 1.165) is 11.3 Å². The number of carbonyl (C=O) groups excluding carboxylic acids is 3. The van der Waals surface area contributed by atoms with E-state index in [-0.39, 0.29) is 65.1 Å². The molecule has 0 aliphatic carbocycles. The molecule has 37 heavy (non-hydrogen) atoms. The molecule has 0 fully saturated rings. The van der Waals surface area contributed by atoms with Crippen molar-refractivity contribution in [3.8, 4) is 28.4 Å². The zero-order valence-corrected chi connectivity index (χ0v) is 20.8. The predicted octanol–water partition coefficient (Wildman–Crippen LogP) is 1.49. The van der Waals surface area contributed by atoms with Crippen LogP contribution in [0.3, 0.4) is 0 Å². The van der Waals surface area contributed by atoms with E-state index in [0.29, 0.717) is 13.2 Å². The lowest BCUT2D eigenvalue weighted by Gasteiger charge is -2.12. The lowest BCUT2D eigenvalue weighted by atomic mass is 10.1. The molecule has 0 saturated heterocycles. The predicted molar refractivity (Wildman–Crippen MR) is 125 cm³/mol. The van der Waals surface area contributed by atoms with Crippen molar-refractivity contribution in [2.45, 2.75) is 0 Å². The topological polar surface area (TPSA) is 161 Å². The molecule has 0 unspecified atom stereocenters. The molecule has 0 saturated carbocycles. The molecule has 2 amide bonds. The lowest BCUT2D eigenvalue weighted by molar-refractivity contribution is -0.136. The van der Waals surface area contributed by atoms with Crippen LogP contribution in [0.2, 0.25) is 0 Å². The minimum absolute atomic E-state index is 0.0139. The highest BCUT2D eigenvalue weighted by Gasteiger charge is 2.31.